The highest BCUT2D eigenvalue weighted by Gasteiger charge is 2.67. The van der Waals surface area contributed by atoms with Gasteiger partial charge in [-0.1, -0.05) is 45.4 Å². The van der Waals surface area contributed by atoms with Crippen LogP contribution in [0.3, 0.4) is 0 Å². The monoisotopic (exact) mass is 612 g/mol. The van der Waals surface area contributed by atoms with E-state index >= 15 is 0 Å². The van der Waals surface area contributed by atoms with Gasteiger partial charge in [-0.2, -0.15) is 0 Å². The van der Waals surface area contributed by atoms with E-state index in [1.165, 1.54) is 5.57 Å². The molecule has 6 rings (SSSR count). The van der Waals surface area contributed by atoms with Crippen molar-refractivity contribution in [2.45, 2.75) is 117 Å². The third kappa shape index (κ3) is 4.22. The molecule has 242 valence electrons. The first-order valence-electron chi connectivity index (χ1n) is 16.1. The van der Waals surface area contributed by atoms with Crippen molar-refractivity contribution in [2.24, 2.45) is 33.0 Å². The van der Waals surface area contributed by atoms with Crippen LogP contribution in [0, 0.1) is 33.0 Å². The maximum atomic E-state index is 13.7. The minimum absolute atomic E-state index is 0.0518. The largest absolute Gasteiger partial charge is 0.504 e. The van der Waals surface area contributed by atoms with E-state index in [0.29, 0.717) is 18.4 Å². The molecule has 0 aromatic carbocycles. The Morgan fingerprint density at radius 1 is 0.932 bits per heavy atom. The molecule has 44 heavy (non-hydrogen) atoms. The molecule has 9 nitrogen and oxygen atoms in total. The minimum Gasteiger partial charge on any atom is -0.504 e. The Morgan fingerprint density at radius 2 is 1.61 bits per heavy atom. The summed E-state index contributed by atoms with van der Waals surface area (Å²) in [5, 5.41) is 50.5. The Morgan fingerprint density at radius 3 is 2.32 bits per heavy atom. The van der Waals surface area contributed by atoms with E-state index in [0.717, 1.165) is 43.3 Å². The summed E-state index contributed by atoms with van der Waals surface area (Å²) < 4.78 is 10.9. The van der Waals surface area contributed by atoms with E-state index < -0.39 is 36.1 Å². The maximum Gasteiger partial charge on any atom is 0.311 e. The zero-order valence-corrected chi connectivity index (χ0v) is 26.7. The fourth-order valence-corrected chi connectivity index (χ4v) is 10.0. The summed E-state index contributed by atoms with van der Waals surface area (Å²) in [6.45, 7) is 12.8. The van der Waals surface area contributed by atoms with Crippen molar-refractivity contribution in [1.29, 1.82) is 0 Å². The fourth-order valence-electron chi connectivity index (χ4n) is 10.0. The standard InChI is InChI=1S/C35H48O9/c1-18-19-7-8-23-33(4,20(19)15-21(36)25(18)37)12-14-35(6)24-16-32(3,10-9-31(24,2)11-13-34(23,35)5)30(42)43-17-22-26(38)27(39)28(40)29(41)44-22/h7-8,15,22,24,26-29,37-41H,9-14,16-17H2,1-6H3/t22-,24-,26-,27+,28-,29-,31-,32-,33+,34-,35+/m1/s1. The van der Waals surface area contributed by atoms with Crippen molar-refractivity contribution >= 4 is 11.8 Å². The average Bonchev–Trinajstić information content (AvgIpc) is 2.98. The van der Waals surface area contributed by atoms with Gasteiger partial charge < -0.3 is 35.0 Å². The minimum atomic E-state index is -1.69. The zero-order valence-electron chi connectivity index (χ0n) is 26.7. The number of hydrogen-bond acceptors (Lipinski definition) is 9. The summed E-state index contributed by atoms with van der Waals surface area (Å²) in [5.74, 6) is -0.679. The highest BCUT2D eigenvalue weighted by atomic mass is 16.6. The Balaban J connectivity index is 1.28. The Bertz CT molecular complexity index is 1410. The second-order valence-electron chi connectivity index (χ2n) is 15.7. The number of carbonyl (C=O) groups excluding carboxylic acids is 2. The number of rotatable bonds is 3. The SMILES string of the molecule is CC1=C(O)C(=O)C=C2C1=CC=C1[C@@]2(C)CC[C@@]2(C)[C@@H]3C[C@](C)(C(=O)OC[C@H]4O[C@@H](O)[C@H](O)[C@@H](O)[C@@H]4O)CC[C@]3(C)CC[C@]12C. The van der Waals surface area contributed by atoms with Crippen LogP contribution < -0.4 is 0 Å². The Labute approximate surface area is 259 Å². The van der Waals surface area contributed by atoms with Crippen LogP contribution in [0.1, 0.15) is 86.5 Å². The Hall–Kier alpha value is -2.30. The van der Waals surface area contributed by atoms with Gasteiger partial charge >= 0.3 is 5.97 Å². The molecule has 3 saturated carbocycles. The second kappa shape index (κ2) is 10.1. The van der Waals surface area contributed by atoms with Crippen molar-refractivity contribution < 1.29 is 44.6 Å². The van der Waals surface area contributed by atoms with Crippen LogP contribution in [0.4, 0.5) is 0 Å². The maximum absolute atomic E-state index is 13.7. The topological polar surface area (TPSA) is 154 Å². The highest BCUT2D eigenvalue weighted by molar-refractivity contribution is 6.06. The third-order valence-corrected chi connectivity index (χ3v) is 13.4. The molecule has 5 aliphatic carbocycles. The van der Waals surface area contributed by atoms with Crippen LogP contribution >= 0.6 is 0 Å². The first kappa shape index (κ1) is 31.7. The first-order valence-corrected chi connectivity index (χ1v) is 16.1. The summed E-state index contributed by atoms with van der Waals surface area (Å²) in [7, 11) is 0. The quantitative estimate of drug-likeness (QED) is 0.298. The number of carbonyl (C=O) groups is 2. The van der Waals surface area contributed by atoms with Crippen molar-refractivity contribution in [3.8, 4) is 0 Å². The lowest BCUT2D eigenvalue weighted by Gasteiger charge is -2.70. The van der Waals surface area contributed by atoms with E-state index in [1.54, 1.807) is 6.08 Å². The number of hydrogen-bond donors (Lipinski definition) is 5. The molecule has 0 radical (unpaired) electrons. The highest BCUT2D eigenvalue weighted by Crippen LogP contribution is 2.75. The van der Waals surface area contributed by atoms with Crippen LogP contribution in [0.15, 0.2) is 46.3 Å². The molecular formula is C35H48O9. The molecule has 11 atom stereocenters. The Kier molecular flexibility index (Phi) is 7.27. The fraction of sp³-hybridized carbons (Fsp3) is 0.714. The molecule has 1 saturated heterocycles. The summed E-state index contributed by atoms with van der Waals surface area (Å²) >= 11 is 0. The van der Waals surface area contributed by atoms with Gasteiger partial charge in [0.25, 0.3) is 0 Å². The van der Waals surface area contributed by atoms with Gasteiger partial charge in [0, 0.05) is 11.0 Å². The van der Waals surface area contributed by atoms with Gasteiger partial charge in [-0.15, -0.1) is 0 Å². The lowest BCUT2D eigenvalue weighted by atomic mass is 9.34. The number of fused-ring (bicyclic) bond motifs is 7. The zero-order chi connectivity index (χ0) is 32.2. The van der Waals surface area contributed by atoms with Gasteiger partial charge in [0.2, 0.25) is 5.78 Å². The molecule has 6 aliphatic rings. The van der Waals surface area contributed by atoms with E-state index in [9.17, 15) is 35.1 Å². The van der Waals surface area contributed by atoms with Crippen molar-refractivity contribution in [3.63, 3.8) is 0 Å². The van der Waals surface area contributed by atoms with Gasteiger partial charge in [0.05, 0.1) is 5.41 Å². The van der Waals surface area contributed by atoms with Crippen LogP contribution in [0.2, 0.25) is 0 Å². The molecule has 0 aromatic rings. The summed E-state index contributed by atoms with van der Waals surface area (Å²) in [6, 6.07) is 0. The van der Waals surface area contributed by atoms with Crippen molar-refractivity contribution in [3.05, 3.63) is 46.3 Å². The number of ether oxygens (including phenoxy) is 2. The smallest absolute Gasteiger partial charge is 0.311 e. The van der Waals surface area contributed by atoms with Crippen molar-refractivity contribution in [2.75, 3.05) is 6.61 Å². The van der Waals surface area contributed by atoms with Crippen molar-refractivity contribution in [1.82, 2.24) is 0 Å². The molecule has 0 amide bonds. The molecule has 0 spiro atoms. The molecule has 1 heterocycles. The number of allylic oxidation sites excluding steroid dienone is 7. The third-order valence-electron chi connectivity index (χ3n) is 13.4. The lowest BCUT2D eigenvalue weighted by Crippen LogP contribution is -2.62. The van der Waals surface area contributed by atoms with E-state index in [4.69, 9.17) is 9.47 Å². The van der Waals surface area contributed by atoms with E-state index in [2.05, 4.69) is 39.8 Å². The van der Waals surface area contributed by atoms with E-state index in [1.807, 2.05) is 13.8 Å². The van der Waals surface area contributed by atoms with Gasteiger partial charge in [-0.25, -0.2) is 0 Å². The predicted molar refractivity (Wildman–Crippen MR) is 161 cm³/mol. The van der Waals surface area contributed by atoms with Gasteiger partial charge in [0.15, 0.2) is 12.0 Å². The van der Waals surface area contributed by atoms with Gasteiger partial charge in [-0.3, -0.25) is 9.59 Å². The number of aliphatic hydroxyl groups is 5. The van der Waals surface area contributed by atoms with Gasteiger partial charge in [0.1, 0.15) is 31.0 Å². The molecule has 0 aromatic heterocycles. The normalized spacial score (nSPS) is 48.6. The summed E-state index contributed by atoms with van der Waals surface area (Å²) in [4.78, 5) is 26.5. The number of esters is 1. The summed E-state index contributed by atoms with van der Waals surface area (Å²) in [6.07, 6.45) is 4.36. The van der Waals surface area contributed by atoms with E-state index in [-0.39, 0.29) is 51.7 Å². The molecule has 0 unspecified atom stereocenters. The molecular weight excluding hydrogens is 564 g/mol. The van der Waals surface area contributed by atoms with Crippen LogP contribution in [-0.4, -0.2) is 74.6 Å². The lowest BCUT2D eigenvalue weighted by molar-refractivity contribution is -0.288. The van der Waals surface area contributed by atoms with Crippen LogP contribution in [0.25, 0.3) is 0 Å². The number of aliphatic hydroxyl groups excluding tert-OH is 5. The van der Waals surface area contributed by atoms with Crippen LogP contribution in [0.5, 0.6) is 0 Å². The average molecular weight is 613 g/mol. The van der Waals surface area contributed by atoms with Gasteiger partial charge in [-0.05, 0) is 98.2 Å². The summed E-state index contributed by atoms with van der Waals surface area (Å²) in [5.41, 5.74) is 2.55. The molecule has 5 N–H and O–H groups in total. The predicted octanol–water partition coefficient (Wildman–Crippen LogP) is 3.96. The molecule has 9 heteroatoms. The number of ketones is 1. The van der Waals surface area contributed by atoms with Crippen LogP contribution in [-0.2, 0) is 19.1 Å². The molecule has 1 aliphatic heterocycles. The second-order valence-corrected chi connectivity index (χ2v) is 15.7. The molecule has 0 bridgehead atoms. The first-order chi connectivity index (χ1) is 20.4. The molecule has 4 fully saturated rings.